The smallest absolute Gasteiger partial charge is 0.410 e. The lowest BCUT2D eigenvalue weighted by molar-refractivity contribution is -0.0315. The topological polar surface area (TPSA) is 59.0 Å². The highest BCUT2D eigenvalue weighted by atomic mass is 16.6. The van der Waals surface area contributed by atoms with Crippen LogP contribution in [0.5, 0.6) is 0 Å². The summed E-state index contributed by atoms with van der Waals surface area (Å²) >= 11 is 0. The highest BCUT2D eigenvalue weighted by Crippen LogP contribution is 2.27. The molecule has 5 heteroatoms. The number of carbonyl (C=O) groups is 1. The van der Waals surface area contributed by atoms with E-state index in [9.17, 15) is 9.90 Å². The molecule has 0 aromatic carbocycles. The first-order chi connectivity index (χ1) is 8.80. The van der Waals surface area contributed by atoms with Crippen molar-refractivity contribution in [3.8, 4) is 0 Å². The largest absolute Gasteiger partial charge is 0.444 e. The third kappa shape index (κ3) is 4.35. The fraction of sp³-hybridized carbons (Fsp3) is 0.929. The number of nitrogens with zero attached hydrogens (tertiary/aromatic N) is 1. The minimum atomic E-state index is -0.491. The van der Waals surface area contributed by atoms with Crippen LogP contribution in [0.3, 0.4) is 0 Å². The molecule has 5 nitrogen and oxygen atoms in total. The van der Waals surface area contributed by atoms with Crippen LogP contribution in [0.25, 0.3) is 0 Å². The van der Waals surface area contributed by atoms with Crippen LogP contribution >= 0.6 is 0 Å². The monoisotopic (exact) mass is 273 g/mol. The summed E-state index contributed by atoms with van der Waals surface area (Å²) in [5, 5.41) is 9.29. The highest BCUT2D eigenvalue weighted by Gasteiger charge is 2.39. The molecule has 0 aromatic heterocycles. The van der Waals surface area contributed by atoms with Crippen molar-refractivity contribution in [2.75, 3.05) is 20.3 Å². The molecule has 1 amide bonds. The van der Waals surface area contributed by atoms with Crippen molar-refractivity contribution in [3.63, 3.8) is 0 Å². The fourth-order valence-electron chi connectivity index (χ4n) is 2.55. The Kier molecular flexibility index (Phi) is 5.62. The van der Waals surface area contributed by atoms with E-state index in [4.69, 9.17) is 9.47 Å². The second kappa shape index (κ2) is 6.57. The number of hydrogen-bond acceptors (Lipinski definition) is 4. The lowest BCUT2D eigenvalue weighted by atomic mass is 9.96. The van der Waals surface area contributed by atoms with Crippen LogP contribution < -0.4 is 0 Å². The number of carbonyl (C=O) groups excluding carboxylic acids is 1. The van der Waals surface area contributed by atoms with Crippen molar-refractivity contribution in [2.24, 2.45) is 5.92 Å². The fourth-order valence-corrected chi connectivity index (χ4v) is 2.55. The van der Waals surface area contributed by atoms with Crippen molar-refractivity contribution in [1.29, 1.82) is 0 Å². The van der Waals surface area contributed by atoms with Gasteiger partial charge in [0.25, 0.3) is 0 Å². The Bertz CT molecular complexity index is 300. The molecule has 0 radical (unpaired) electrons. The molecule has 1 N–H and O–H groups in total. The average molecular weight is 273 g/mol. The van der Waals surface area contributed by atoms with Gasteiger partial charge in [-0.3, -0.25) is 0 Å². The van der Waals surface area contributed by atoms with E-state index in [2.05, 4.69) is 0 Å². The lowest BCUT2D eigenvalue weighted by Gasteiger charge is -2.34. The molecule has 19 heavy (non-hydrogen) atoms. The zero-order valence-electron chi connectivity index (χ0n) is 12.7. The third-order valence-electron chi connectivity index (χ3n) is 3.43. The van der Waals surface area contributed by atoms with Gasteiger partial charge in [0.15, 0.2) is 0 Å². The molecule has 1 fully saturated rings. The molecule has 1 aliphatic heterocycles. The predicted octanol–water partition coefficient (Wildman–Crippen LogP) is 2.03. The van der Waals surface area contributed by atoms with Gasteiger partial charge in [0.1, 0.15) is 5.60 Å². The first kappa shape index (κ1) is 16.2. The van der Waals surface area contributed by atoms with E-state index in [-0.39, 0.29) is 30.8 Å². The van der Waals surface area contributed by atoms with Crippen molar-refractivity contribution < 1.29 is 19.4 Å². The van der Waals surface area contributed by atoms with Crippen LogP contribution in [0.4, 0.5) is 4.79 Å². The Balaban J connectivity index is 2.75. The van der Waals surface area contributed by atoms with Gasteiger partial charge < -0.3 is 19.5 Å². The van der Waals surface area contributed by atoms with E-state index in [1.54, 1.807) is 12.0 Å². The standard InChI is InChI=1S/C14H27NO4/c1-10(9-16)12(18-5)11-7-6-8-15(11)13(17)19-14(2,3)4/h10-12,16H,6-9H2,1-5H3/t10-,11-,12+/m0/s1. The highest BCUT2D eigenvalue weighted by molar-refractivity contribution is 5.69. The number of hydrogen-bond donors (Lipinski definition) is 1. The number of ether oxygens (including phenoxy) is 2. The summed E-state index contributed by atoms with van der Waals surface area (Å²) in [6.07, 6.45) is 1.39. The number of aliphatic hydroxyl groups excluding tert-OH is 1. The van der Waals surface area contributed by atoms with Crippen molar-refractivity contribution in [3.05, 3.63) is 0 Å². The minimum Gasteiger partial charge on any atom is -0.444 e. The first-order valence-electron chi connectivity index (χ1n) is 6.93. The summed E-state index contributed by atoms with van der Waals surface area (Å²) in [4.78, 5) is 13.9. The molecule has 0 saturated carbocycles. The van der Waals surface area contributed by atoms with E-state index in [1.807, 2.05) is 27.7 Å². The zero-order valence-corrected chi connectivity index (χ0v) is 12.7. The minimum absolute atomic E-state index is 0.00182. The van der Waals surface area contributed by atoms with Crippen molar-refractivity contribution in [2.45, 2.75) is 58.3 Å². The number of amides is 1. The van der Waals surface area contributed by atoms with Gasteiger partial charge in [-0.25, -0.2) is 4.79 Å². The maximum atomic E-state index is 12.2. The third-order valence-corrected chi connectivity index (χ3v) is 3.43. The van der Waals surface area contributed by atoms with Gasteiger partial charge in [-0.15, -0.1) is 0 Å². The molecule has 0 unspecified atom stereocenters. The van der Waals surface area contributed by atoms with Gasteiger partial charge in [0, 0.05) is 26.2 Å². The molecule has 1 aliphatic rings. The van der Waals surface area contributed by atoms with Crippen LogP contribution in [0.2, 0.25) is 0 Å². The maximum Gasteiger partial charge on any atom is 0.410 e. The van der Waals surface area contributed by atoms with E-state index >= 15 is 0 Å². The molecule has 1 heterocycles. The van der Waals surface area contributed by atoms with Crippen LogP contribution in [0.15, 0.2) is 0 Å². The van der Waals surface area contributed by atoms with E-state index in [1.165, 1.54) is 0 Å². The van der Waals surface area contributed by atoms with Crippen molar-refractivity contribution >= 4 is 6.09 Å². The zero-order chi connectivity index (χ0) is 14.6. The summed E-state index contributed by atoms with van der Waals surface area (Å²) in [6, 6.07) is -0.0120. The van der Waals surface area contributed by atoms with Gasteiger partial charge in [0.05, 0.1) is 12.1 Å². The van der Waals surface area contributed by atoms with Crippen LogP contribution in [0, 0.1) is 5.92 Å². The molecule has 0 bridgehead atoms. The number of rotatable bonds is 4. The molecule has 0 aliphatic carbocycles. The van der Waals surface area contributed by atoms with Gasteiger partial charge in [0.2, 0.25) is 0 Å². The second-order valence-corrected chi connectivity index (χ2v) is 6.24. The number of methoxy groups -OCH3 is 1. The van der Waals surface area contributed by atoms with E-state index in [0.717, 1.165) is 12.8 Å². The van der Waals surface area contributed by atoms with E-state index < -0.39 is 5.60 Å². The molecule has 112 valence electrons. The van der Waals surface area contributed by atoms with Gasteiger partial charge in [-0.1, -0.05) is 6.92 Å². The molecular formula is C14H27NO4. The van der Waals surface area contributed by atoms with Crippen molar-refractivity contribution in [1.82, 2.24) is 4.90 Å². The van der Waals surface area contributed by atoms with Crippen LogP contribution in [-0.2, 0) is 9.47 Å². The number of likely N-dealkylation sites (tertiary alicyclic amines) is 1. The average Bonchev–Trinajstić information content (AvgIpc) is 2.76. The van der Waals surface area contributed by atoms with Crippen LogP contribution in [0.1, 0.15) is 40.5 Å². The molecule has 1 rings (SSSR count). The predicted molar refractivity (Wildman–Crippen MR) is 73.0 cm³/mol. The molecule has 0 spiro atoms. The Morgan fingerprint density at radius 1 is 1.47 bits per heavy atom. The van der Waals surface area contributed by atoms with Gasteiger partial charge in [-0.2, -0.15) is 0 Å². The Hall–Kier alpha value is -0.810. The Morgan fingerprint density at radius 2 is 2.11 bits per heavy atom. The molecule has 3 atom stereocenters. The maximum absolute atomic E-state index is 12.2. The van der Waals surface area contributed by atoms with E-state index in [0.29, 0.717) is 6.54 Å². The van der Waals surface area contributed by atoms with Crippen LogP contribution in [-0.4, -0.2) is 54.1 Å². The Labute approximate surface area is 115 Å². The molecular weight excluding hydrogens is 246 g/mol. The SMILES string of the molecule is CO[C@H]([C@@H](C)CO)[C@@H]1CCCN1C(=O)OC(C)(C)C. The summed E-state index contributed by atoms with van der Waals surface area (Å²) < 4.78 is 10.9. The summed E-state index contributed by atoms with van der Waals surface area (Å²) in [5.41, 5.74) is -0.491. The van der Waals surface area contributed by atoms with Gasteiger partial charge >= 0.3 is 6.09 Å². The number of aliphatic hydroxyl groups is 1. The molecule has 1 saturated heterocycles. The normalized spacial score (nSPS) is 23.3. The summed E-state index contributed by atoms with van der Waals surface area (Å²) in [6.45, 7) is 8.26. The second-order valence-electron chi connectivity index (χ2n) is 6.24. The summed E-state index contributed by atoms with van der Waals surface area (Å²) in [7, 11) is 1.63. The lowest BCUT2D eigenvalue weighted by Crippen LogP contribution is -2.48. The van der Waals surface area contributed by atoms with Gasteiger partial charge in [-0.05, 0) is 33.6 Å². The molecule has 0 aromatic rings. The first-order valence-corrected chi connectivity index (χ1v) is 6.93. The quantitative estimate of drug-likeness (QED) is 0.851. The Morgan fingerprint density at radius 3 is 2.58 bits per heavy atom. The summed E-state index contributed by atoms with van der Waals surface area (Å²) in [5.74, 6) is -0.00182.